The van der Waals surface area contributed by atoms with Crippen LogP contribution in [0.25, 0.3) is 0 Å². The Morgan fingerprint density at radius 3 is 2.87 bits per heavy atom. The summed E-state index contributed by atoms with van der Waals surface area (Å²) in [6.45, 7) is 6.12. The summed E-state index contributed by atoms with van der Waals surface area (Å²) in [6.07, 6.45) is 7.05. The molecule has 0 bridgehead atoms. The second-order valence-electron chi connectivity index (χ2n) is 10.1. The van der Waals surface area contributed by atoms with Gasteiger partial charge >= 0.3 is 0 Å². The molecule has 1 aromatic heterocycles. The Morgan fingerprint density at radius 1 is 1.19 bits per heavy atom. The molecule has 4 aliphatic rings. The molecule has 162 valence electrons. The molecule has 0 unspecified atom stereocenters. The van der Waals surface area contributed by atoms with Crippen LogP contribution in [0.3, 0.4) is 0 Å². The number of anilines is 2. The van der Waals surface area contributed by atoms with Crippen molar-refractivity contribution in [1.82, 2.24) is 14.9 Å². The Morgan fingerprint density at radius 2 is 2.03 bits per heavy atom. The first-order valence-corrected chi connectivity index (χ1v) is 11.7. The Hall–Kier alpha value is -2.31. The van der Waals surface area contributed by atoms with E-state index in [1.54, 1.807) is 12.4 Å². The van der Waals surface area contributed by atoms with Crippen LogP contribution in [-0.2, 0) is 10.2 Å². The van der Waals surface area contributed by atoms with Crippen LogP contribution in [0.15, 0.2) is 36.7 Å². The highest BCUT2D eigenvalue weighted by molar-refractivity contribution is 6.13. The molecule has 1 saturated carbocycles. The summed E-state index contributed by atoms with van der Waals surface area (Å²) in [4.78, 5) is 27.6. The van der Waals surface area contributed by atoms with Crippen LogP contribution in [0.1, 0.15) is 43.9 Å². The van der Waals surface area contributed by atoms with Crippen molar-refractivity contribution in [3.8, 4) is 0 Å². The number of nitrogens with zero attached hydrogens (tertiary/aromatic N) is 4. The SMILES string of the molecule is Cc1cncc(N2C(=O)[C@@]3(CCN4C[C@@H]5CC[C@H](O)[C@H](C)[C@H]5C[C@H]43)c3ccccc32)n1. The summed E-state index contributed by atoms with van der Waals surface area (Å²) in [5, 5.41) is 10.5. The van der Waals surface area contributed by atoms with Crippen molar-refractivity contribution in [3.63, 3.8) is 0 Å². The second-order valence-corrected chi connectivity index (χ2v) is 10.1. The summed E-state index contributed by atoms with van der Waals surface area (Å²) in [6, 6.07) is 8.43. The van der Waals surface area contributed by atoms with Crippen molar-refractivity contribution < 1.29 is 9.90 Å². The van der Waals surface area contributed by atoms with E-state index in [1.165, 1.54) is 0 Å². The molecule has 0 radical (unpaired) electrons. The van der Waals surface area contributed by atoms with Crippen molar-refractivity contribution in [2.45, 2.75) is 57.1 Å². The van der Waals surface area contributed by atoms with Crippen molar-refractivity contribution >= 4 is 17.4 Å². The van der Waals surface area contributed by atoms with E-state index in [4.69, 9.17) is 0 Å². The number of hydrogen-bond donors (Lipinski definition) is 1. The first-order chi connectivity index (χ1) is 15.0. The third-order valence-corrected chi connectivity index (χ3v) is 8.67. The maximum atomic E-state index is 14.2. The number of hydrogen-bond acceptors (Lipinski definition) is 5. The smallest absolute Gasteiger partial charge is 0.245 e. The van der Waals surface area contributed by atoms with Crippen LogP contribution in [-0.4, -0.2) is 51.1 Å². The van der Waals surface area contributed by atoms with Gasteiger partial charge in [0.1, 0.15) is 0 Å². The number of benzene rings is 1. The van der Waals surface area contributed by atoms with E-state index in [2.05, 4.69) is 33.9 Å². The highest BCUT2D eigenvalue weighted by atomic mass is 16.3. The zero-order valence-electron chi connectivity index (χ0n) is 18.2. The summed E-state index contributed by atoms with van der Waals surface area (Å²) in [5.41, 5.74) is 2.36. The molecule has 4 heterocycles. The van der Waals surface area contributed by atoms with Crippen molar-refractivity contribution in [2.24, 2.45) is 17.8 Å². The zero-order chi connectivity index (χ0) is 21.3. The average Bonchev–Trinajstić information content (AvgIpc) is 3.27. The van der Waals surface area contributed by atoms with Crippen molar-refractivity contribution in [1.29, 1.82) is 0 Å². The number of aryl methyl sites for hydroxylation is 1. The molecule has 6 rings (SSSR count). The number of rotatable bonds is 1. The largest absolute Gasteiger partial charge is 0.393 e. The van der Waals surface area contributed by atoms with Crippen LogP contribution in [0.4, 0.5) is 11.5 Å². The Bertz CT molecular complexity index is 1040. The minimum atomic E-state index is -0.533. The van der Waals surface area contributed by atoms with Gasteiger partial charge in [0.25, 0.3) is 0 Å². The zero-order valence-corrected chi connectivity index (χ0v) is 18.2. The monoisotopic (exact) mass is 418 g/mol. The molecule has 3 fully saturated rings. The van der Waals surface area contributed by atoms with E-state index >= 15 is 0 Å². The van der Waals surface area contributed by atoms with E-state index in [0.717, 1.165) is 55.7 Å². The van der Waals surface area contributed by atoms with Gasteiger partial charge in [0.15, 0.2) is 5.82 Å². The van der Waals surface area contributed by atoms with E-state index in [9.17, 15) is 9.90 Å². The lowest BCUT2D eigenvalue weighted by Crippen LogP contribution is -2.56. The highest BCUT2D eigenvalue weighted by Crippen LogP contribution is 2.57. The highest BCUT2D eigenvalue weighted by Gasteiger charge is 2.62. The Balaban J connectivity index is 1.44. The number of aromatic nitrogens is 2. The normalized spacial score (nSPS) is 37.1. The van der Waals surface area contributed by atoms with Gasteiger partial charge in [0.2, 0.25) is 5.91 Å². The first-order valence-electron chi connectivity index (χ1n) is 11.7. The molecular formula is C25H30N4O2. The quantitative estimate of drug-likeness (QED) is 0.770. The molecule has 6 heteroatoms. The lowest BCUT2D eigenvalue weighted by Gasteiger charge is -2.50. The molecular weight excluding hydrogens is 388 g/mol. The number of aliphatic hydroxyl groups excluding tert-OH is 1. The molecule has 1 N–H and O–H groups in total. The third kappa shape index (κ3) is 2.61. The average molecular weight is 419 g/mol. The molecule has 3 aliphatic heterocycles. The predicted molar refractivity (Wildman–Crippen MR) is 118 cm³/mol. The lowest BCUT2D eigenvalue weighted by molar-refractivity contribution is -0.125. The number of fused-ring (bicyclic) bond motifs is 5. The predicted octanol–water partition coefficient (Wildman–Crippen LogP) is 3.20. The van der Waals surface area contributed by atoms with Gasteiger partial charge in [0.05, 0.1) is 29.1 Å². The van der Waals surface area contributed by atoms with Gasteiger partial charge in [-0.1, -0.05) is 25.1 Å². The third-order valence-electron chi connectivity index (χ3n) is 8.67. The fourth-order valence-corrected chi connectivity index (χ4v) is 7.11. The maximum Gasteiger partial charge on any atom is 0.245 e. The van der Waals surface area contributed by atoms with Gasteiger partial charge in [0, 0.05) is 18.8 Å². The van der Waals surface area contributed by atoms with Crippen molar-refractivity contribution in [2.75, 3.05) is 18.0 Å². The molecule has 2 saturated heterocycles. The molecule has 1 aliphatic carbocycles. The minimum absolute atomic E-state index is 0.142. The second kappa shape index (κ2) is 6.84. The molecule has 1 amide bonds. The maximum absolute atomic E-state index is 14.2. The van der Waals surface area contributed by atoms with Crippen molar-refractivity contribution in [3.05, 3.63) is 47.9 Å². The van der Waals surface area contributed by atoms with Crippen LogP contribution in [0.2, 0.25) is 0 Å². The molecule has 1 aromatic carbocycles. The van der Waals surface area contributed by atoms with Gasteiger partial charge in [-0.2, -0.15) is 0 Å². The number of carbonyl (C=O) groups is 1. The summed E-state index contributed by atoms with van der Waals surface area (Å²) < 4.78 is 0. The Labute approximate surface area is 183 Å². The minimum Gasteiger partial charge on any atom is -0.393 e. The lowest BCUT2D eigenvalue weighted by atomic mass is 9.62. The van der Waals surface area contributed by atoms with E-state index in [0.29, 0.717) is 23.6 Å². The summed E-state index contributed by atoms with van der Waals surface area (Å²) in [5.74, 6) is 2.17. The number of carbonyl (C=O) groups excluding carboxylic acids is 1. The summed E-state index contributed by atoms with van der Waals surface area (Å²) in [7, 11) is 0. The van der Waals surface area contributed by atoms with Crippen LogP contribution < -0.4 is 4.90 Å². The molecule has 2 aromatic rings. The molecule has 1 spiro atoms. The van der Waals surface area contributed by atoms with Crippen LogP contribution >= 0.6 is 0 Å². The Kier molecular flexibility index (Phi) is 4.28. The number of aliphatic hydroxyl groups is 1. The van der Waals surface area contributed by atoms with Gasteiger partial charge in [-0.05, 0) is 68.5 Å². The molecule has 6 nitrogen and oxygen atoms in total. The molecule has 31 heavy (non-hydrogen) atoms. The van der Waals surface area contributed by atoms with Crippen LogP contribution in [0.5, 0.6) is 0 Å². The fourth-order valence-electron chi connectivity index (χ4n) is 7.11. The number of para-hydroxylation sites is 1. The number of amides is 1. The van der Waals surface area contributed by atoms with E-state index in [-0.39, 0.29) is 18.1 Å². The number of piperidine rings is 1. The first kappa shape index (κ1) is 19.4. The fraction of sp³-hybridized carbons (Fsp3) is 0.560. The van der Waals surface area contributed by atoms with Gasteiger partial charge in [-0.25, -0.2) is 4.98 Å². The topological polar surface area (TPSA) is 69.6 Å². The summed E-state index contributed by atoms with van der Waals surface area (Å²) >= 11 is 0. The van der Waals surface area contributed by atoms with Crippen LogP contribution in [0, 0.1) is 24.7 Å². The van der Waals surface area contributed by atoms with Gasteiger partial charge < -0.3 is 5.11 Å². The van der Waals surface area contributed by atoms with Gasteiger partial charge in [-0.3, -0.25) is 19.6 Å². The van der Waals surface area contributed by atoms with E-state index < -0.39 is 5.41 Å². The van der Waals surface area contributed by atoms with Gasteiger partial charge in [-0.15, -0.1) is 0 Å². The standard InChI is InChI=1S/C25H30N4O2/c1-15-12-26-13-23(27-15)29-20-6-4-3-5-19(20)25(24(29)31)9-10-28-14-17-7-8-21(30)16(2)18(17)11-22(25)28/h3-6,12-13,16-18,21-22,30H,7-11,14H2,1-2H3/t16-,17+,18-,21+,22+,25+/m1/s1. The van der Waals surface area contributed by atoms with E-state index in [1.807, 2.05) is 24.0 Å². The molecule has 6 atom stereocenters.